The first-order valence-corrected chi connectivity index (χ1v) is 9.33. The molecule has 0 fully saturated rings. The minimum Gasteiger partial charge on any atom is -0.497 e. The van der Waals surface area contributed by atoms with Crippen LogP contribution in [0.3, 0.4) is 0 Å². The summed E-state index contributed by atoms with van der Waals surface area (Å²) < 4.78 is 12.8. The Bertz CT molecular complexity index is 1260. The van der Waals surface area contributed by atoms with Crippen molar-refractivity contribution in [3.63, 3.8) is 0 Å². The van der Waals surface area contributed by atoms with E-state index in [9.17, 15) is 14.4 Å². The van der Waals surface area contributed by atoms with Crippen LogP contribution in [0.25, 0.3) is 11.0 Å². The van der Waals surface area contributed by atoms with Crippen molar-refractivity contribution in [2.45, 2.75) is 19.8 Å². The van der Waals surface area contributed by atoms with E-state index in [1.807, 2.05) is 13.8 Å². The third-order valence-corrected chi connectivity index (χ3v) is 5.01. The average Bonchev–Trinajstić information content (AvgIpc) is 2.74. The zero-order valence-electron chi connectivity index (χ0n) is 17.8. The Balaban J connectivity index is 2.25. The molecule has 3 rings (SSSR count). The van der Waals surface area contributed by atoms with Crippen LogP contribution in [0, 0.1) is 0 Å². The van der Waals surface area contributed by atoms with E-state index in [1.54, 1.807) is 24.4 Å². The van der Waals surface area contributed by atoms with Crippen LogP contribution in [0.2, 0.25) is 0 Å². The minimum atomic E-state index is -0.528. The third-order valence-electron chi connectivity index (χ3n) is 5.01. The van der Waals surface area contributed by atoms with Gasteiger partial charge < -0.3 is 14.8 Å². The van der Waals surface area contributed by atoms with Crippen molar-refractivity contribution >= 4 is 22.6 Å². The SMILES string of the molecule is COc1ccc(C(=O)Nc2c(C(C)C)cnc3c2c(=O)n(C)c(=O)n3C)c(OC)c1. The molecule has 0 radical (unpaired) electrons. The number of hydrogen-bond acceptors (Lipinski definition) is 6. The highest BCUT2D eigenvalue weighted by Crippen LogP contribution is 2.31. The van der Waals surface area contributed by atoms with Gasteiger partial charge in [0, 0.05) is 26.4 Å². The van der Waals surface area contributed by atoms with Crippen molar-refractivity contribution in [3.8, 4) is 11.5 Å². The summed E-state index contributed by atoms with van der Waals surface area (Å²) in [6.45, 7) is 3.86. The molecular formula is C21H24N4O5. The maximum Gasteiger partial charge on any atom is 0.332 e. The topological polar surface area (TPSA) is 104 Å². The van der Waals surface area contributed by atoms with Gasteiger partial charge in [-0.1, -0.05) is 13.8 Å². The van der Waals surface area contributed by atoms with E-state index in [2.05, 4.69) is 10.3 Å². The molecule has 9 nitrogen and oxygen atoms in total. The second-order valence-electron chi connectivity index (χ2n) is 7.17. The van der Waals surface area contributed by atoms with Crippen LogP contribution < -0.4 is 26.0 Å². The number of aryl methyl sites for hydroxylation is 1. The monoisotopic (exact) mass is 412 g/mol. The Morgan fingerprint density at radius 1 is 1.10 bits per heavy atom. The number of carbonyl (C=O) groups is 1. The van der Waals surface area contributed by atoms with Gasteiger partial charge in [0.25, 0.3) is 11.5 Å². The zero-order chi connectivity index (χ0) is 22.2. The van der Waals surface area contributed by atoms with E-state index < -0.39 is 17.2 Å². The number of carbonyl (C=O) groups excluding carboxylic acids is 1. The van der Waals surface area contributed by atoms with Gasteiger partial charge in [-0.15, -0.1) is 0 Å². The number of nitrogens with one attached hydrogen (secondary N) is 1. The van der Waals surface area contributed by atoms with Crippen molar-refractivity contribution in [1.82, 2.24) is 14.1 Å². The van der Waals surface area contributed by atoms with Crippen LogP contribution in [-0.2, 0) is 14.1 Å². The minimum absolute atomic E-state index is 0.0306. The molecule has 1 amide bonds. The first-order chi connectivity index (χ1) is 14.2. The van der Waals surface area contributed by atoms with Crippen LogP contribution in [-0.4, -0.2) is 34.2 Å². The third kappa shape index (κ3) is 3.42. The second kappa shape index (κ2) is 8.02. The Labute approximate surface area is 172 Å². The van der Waals surface area contributed by atoms with E-state index in [1.165, 1.54) is 32.9 Å². The van der Waals surface area contributed by atoms with Gasteiger partial charge in [0.1, 0.15) is 16.9 Å². The molecule has 1 aromatic carbocycles. The van der Waals surface area contributed by atoms with Gasteiger partial charge in [-0.3, -0.25) is 18.7 Å². The summed E-state index contributed by atoms with van der Waals surface area (Å²) in [6.07, 6.45) is 1.58. The Hall–Kier alpha value is -3.62. The normalized spacial score (nSPS) is 11.0. The fraction of sp³-hybridized carbons (Fsp3) is 0.333. The van der Waals surface area contributed by atoms with E-state index in [0.717, 1.165) is 4.57 Å². The maximum absolute atomic E-state index is 13.1. The predicted octanol–water partition coefficient (Wildman–Crippen LogP) is 2.03. The predicted molar refractivity (Wildman–Crippen MR) is 114 cm³/mol. The summed E-state index contributed by atoms with van der Waals surface area (Å²) >= 11 is 0. The highest BCUT2D eigenvalue weighted by Gasteiger charge is 2.22. The highest BCUT2D eigenvalue weighted by molar-refractivity contribution is 6.10. The molecular weight excluding hydrogens is 388 g/mol. The quantitative estimate of drug-likeness (QED) is 0.688. The van der Waals surface area contributed by atoms with E-state index in [-0.39, 0.29) is 22.5 Å². The maximum atomic E-state index is 13.1. The molecule has 0 aliphatic heterocycles. The number of pyridine rings is 1. The van der Waals surface area contributed by atoms with Crippen molar-refractivity contribution in [1.29, 1.82) is 0 Å². The lowest BCUT2D eigenvalue weighted by Crippen LogP contribution is -2.38. The molecule has 0 saturated carbocycles. The summed E-state index contributed by atoms with van der Waals surface area (Å²) in [5.41, 5.74) is 0.462. The number of methoxy groups -OCH3 is 2. The number of hydrogen-bond donors (Lipinski definition) is 1. The molecule has 1 N–H and O–H groups in total. The standard InChI is InChI=1S/C21H24N4O5/c1-11(2)14-10-22-18-16(20(27)25(4)21(28)24(18)3)17(14)23-19(26)13-8-7-12(29-5)9-15(13)30-6/h7-11H,1-6H3,(H,22,23,26). The van der Waals surface area contributed by atoms with Crippen LogP contribution in [0.5, 0.6) is 11.5 Å². The first-order valence-electron chi connectivity index (χ1n) is 9.33. The van der Waals surface area contributed by atoms with Crippen LogP contribution in [0.15, 0.2) is 34.0 Å². The molecule has 0 saturated heterocycles. The van der Waals surface area contributed by atoms with Crippen molar-refractivity contribution in [2.24, 2.45) is 14.1 Å². The number of ether oxygens (including phenoxy) is 2. The molecule has 0 unspecified atom stereocenters. The van der Waals surface area contributed by atoms with Gasteiger partial charge in [-0.2, -0.15) is 0 Å². The zero-order valence-corrected chi connectivity index (χ0v) is 17.8. The summed E-state index contributed by atoms with van der Waals surface area (Å²) in [5, 5.41) is 3.02. The fourth-order valence-electron chi connectivity index (χ4n) is 3.28. The number of nitrogens with zero attached hydrogens (tertiary/aromatic N) is 3. The van der Waals surface area contributed by atoms with Crippen molar-refractivity contribution in [2.75, 3.05) is 19.5 Å². The van der Waals surface area contributed by atoms with Crippen LogP contribution in [0.4, 0.5) is 5.69 Å². The largest absolute Gasteiger partial charge is 0.497 e. The smallest absolute Gasteiger partial charge is 0.332 e. The number of anilines is 1. The molecule has 2 heterocycles. The summed E-state index contributed by atoms with van der Waals surface area (Å²) in [5.74, 6) is 0.387. The van der Waals surface area contributed by atoms with Gasteiger partial charge in [-0.25, -0.2) is 9.78 Å². The summed E-state index contributed by atoms with van der Waals surface area (Å²) in [6, 6.07) is 4.83. The molecule has 0 aliphatic carbocycles. The van der Waals surface area contributed by atoms with E-state index in [4.69, 9.17) is 9.47 Å². The van der Waals surface area contributed by atoms with E-state index >= 15 is 0 Å². The Morgan fingerprint density at radius 3 is 2.40 bits per heavy atom. The number of amides is 1. The van der Waals surface area contributed by atoms with Crippen LogP contribution >= 0.6 is 0 Å². The number of benzene rings is 1. The molecule has 3 aromatic rings. The lowest BCUT2D eigenvalue weighted by molar-refractivity contribution is 0.102. The first kappa shape index (κ1) is 21.1. The second-order valence-corrected chi connectivity index (χ2v) is 7.17. The molecule has 0 aliphatic rings. The molecule has 9 heteroatoms. The molecule has 0 atom stereocenters. The molecule has 0 spiro atoms. The van der Waals surface area contributed by atoms with Gasteiger partial charge in [0.15, 0.2) is 5.65 Å². The van der Waals surface area contributed by atoms with Gasteiger partial charge in [0.05, 0.1) is 25.5 Å². The molecule has 2 aromatic heterocycles. The molecule has 30 heavy (non-hydrogen) atoms. The Kier molecular flexibility index (Phi) is 5.64. The fourth-order valence-corrected chi connectivity index (χ4v) is 3.28. The average molecular weight is 412 g/mol. The van der Waals surface area contributed by atoms with E-state index in [0.29, 0.717) is 22.7 Å². The van der Waals surface area contributed by atoms with Crippen LogP contribution in [0.1, 0.15) is 35.7 Å². The van der Waals surface area contributed by atoms with Gasteiger partial charge in [-0.05, 0) is 23.6 Å². The molecule has 158 valence electrons. The Morgan fingerprint density at radius 2 is 1.80 bits per heavy atom. The molecule has 0 bridgehead atoms. The summed E-state index contributed by atoms with van der Waals surface area (Å²) in [4.78, 5) is 42.7. The van der Waals surface area contributed by atoms with Gasteiger partial charge >= 0.3 is 5.69 Å². The van der Waals surface area contributed by atoms with Crippen molar-refractivity contribution in [3.05, 3.63) is 56.4 Å². The lowest BCUT2D eigenvalue weighted by Gasteiger charge is -2.18. The number of aromatic nitrogens is 3. The summed E-state index contributed by atoms with van der Waals surface area (Å²) in [7, 11) is 5.90. The van der Waals surface area contributed by atoms with Crippen molar-refractivity contribution < 1.29 is 14.3 Å². The number of fused-ring (bicyclic) bond motifs is 1. The lowest BCUT2D eigenvalue weighted by atomic mass is 10.0. The van der Waals surface area contributed by atoms with Gasteiger partial charge in [0.2, 0.25) is 0 Å². The highest BCUT2D eigenvalue weighted by atomic mass is 16.5. The number of rotatable bonds is 5.